The van der Waals surface area contributed by atoms with E-state index in [9.17, 15) is 9.59 Å². The van der Waals surface area contributed by atoms with E-state index in [-0.39, 0.29) is 0 Å². The normalized spacial score (nSPS) is 10.4. The van der Waals surface area contributed by atoms with E-state index in [0.717, 1.165) is 11.9 Å². The molecule has 0 aromatic rings. The third kappa shape index (κ3) is 5.43. The van der Waals surface area contributed by atoms with Gasteiger partial charge in [0.25, 0.3) is 0 Å². The molecule has 98 valence electrons. The van der Waals surface area contributed by atoms with E-state index < -0.39 is 23.6 Å². The van der Waals surface area contributed by atoms with E-state index in [1.165, 1.54) is 7.11 Å². The van der Waals surface area contributed by atoms with Gasteiger partial charge in [-0.05, 0) is 20.8 Å². The minimum Gasteiger partial charge on any atom is -0.468 e. The number of nitrogens with zero attached hydrogens (tertiary/aromatic N) is 1. The first-order valence-corrected chi connectivity index (χ1v) is 6.03. The maximum atomic E-state index is 11.8. The zero-order chi connectivity index (χ0) is 13.6. The van der Waals surface area contributed by atoms with Gasteiger partial charge < -0.3 is 10.1 Å². The van der Waals surface area contributed by atoms with Gasteiger partial charge in [-0.3, -0.25) is 10.1 Å². The van der Waals surface area contributed by atoms with Crippen molar-refractivity contribution in [1.82, 2.24) is 14.9 Å². The fraction of sp³-hybridized carbons (Fsp3) is 0.667. The van der Waals surface area contributed by atoms with E-state index in [1.54, 1.807) is 27.0 Å². The largest absolute Gasteiger partial charge is 0.468 e. The van der Waals surface area contributed by atoms with Gasteiger partial charge in [-0.2, -0.15) is 4.90 Å². The fourth-order valence-corrected chi connectivity index (χ4v) is 1.14. The zero-order valence-electron chi connectivity index (χ0n) is 10.6. The van der Waals surface area contributed by atoms with Crippen LogP contribution in [0.1, 0.15) is 20.8 Å². The highest BCUT2D eigenvalue weighted by atomic mass is 32.2. The number of amidine groups is 1. The van der Waals surface area contributed by atoms with E-state index in [4.69, 9.17) is 5.41 Å². The zero-order valence-corrected chi connectivity index (χ0v) is 11.4. The van der Waals surface area contributed by atoms with Crippen LogP contribution in [-0.4, -0.2) is 41.9 Å². The van der Waals surface area contributed by atoms with Crippen LogP contribution in [0.2, 0.25) is 0 Å². The molecule has 0 aliphatic carbocycles. The molecule has 0 aromatic carbocycles. The second-order valence-electron chi connectivity index (χ2n) is 4.14. The molecule has 0 saturated heterocycles. The summed E-state index contributed by atoms with van der Waals surface area (Å²) in [6, 6.07) is -1.99. The van der Waals surface area contributed by atoms with Gasteiger partial charge in [-0.1, -0.05) is 11.9 Å². The van der Waals surface area contributed by atoms with Crippen LogP contribution < -0.4 is 10.0 Å². The standard InChI is InChI=1S/C9H18N4O3S/c1-9(2,3)11-7(14)13(6(10)16-4)8(15)12-17-5/h10H,1-5H3,(H,11,14)(H,12,15). The van der Waals surface area contributed by atoms with Crippen LogP contribution in [0.15, 0.2) is 0 Å². The SMILES string of the molecule is COC(=N)N(C(=O)NSC)C(=O)NC(C)(C)C. The second kappa shape index (κ2) is 6.33. The summed E-state index contributed by atoms with van der Waals surface area (Å²) in [5.41, 5.74) is -0.511. The Morgan fingerprint density at radius 2 is 1.82 bits per heavy atom. The van der Waals surface area contributed by atoms with Crippen molar-refractivity contribution in [2.45, 2.75) is 26.3 Å². The molecule has 0 rings (SSSR count). The van der Waals surface area contributed by atoms with Crippen molar-refractivity contribution in [2.24, 2.45) is 0 Å². The number of carbonyl (C=O) groups is 2. The molecule has 3 N–H and O–H groups in total. The Kier molecular flexibility index (Phi) is 5.80. The number of carbonyl (C=O) groups excluding carboxylic acids is 2. The Bertz CT molecular complexity index is 314. The highest BCUT2D eigenvalue weighted by molar-refractivity contribution is 7.97. The van der Waals surface area contributed by atoms with Gasteiger partial charge in [0, 0.05) is 11.8 Å². The molecular formula is C9H18N4O3S. The van der Waals surface area contributed by atoms with Crippen molar-refractivity contribution < 1.29 is 14.3 Å². The molecule has 0 heterocycles. The molecule has 0 bridgehead atoms. The predicted octanol–water partition coefficient (Wildman–Crippen LogP) is 1.37. The summed E-state index contributed by atoms with van der Waals surface area (Å²) >= 11 is 1.03. The van der Waals surface area contributed by atoms with Gasteiger partial charge >= 0.3 is 18.1 Å². The number of rotatable bonds is 1. The van der Waals surface area contributed by atoms with E-state index in [1.807, 2.05) is 0 Å². The third-order valence-corrected chi connectivity index (χ3v) is 1.85. The Balaban J connectivity index is 4.87. The van der Waals surface area contributed by atoms with E-state index >= 15 is 0 Å². The first-order chi connectivity index (χ1) is 7.72. The van der Waals surface area contributed by atoms with Crippen molar-refractivity contribution in [3.8, 4) is 0 Å². The Labute approximate surface area is 105 Å². The molecule has 0 atom stereocenters. The summed E-state index contributed by atoms with van der Waals surface area (Å²) < 4.78 is 6.94. The number of imide groups is 1. The molecule has 0 aliphatic rings. The van der Waals surface area contributed by atoms with Gasteiger partial charge in [-0.15, -0.1) is 0 Å². The van der Waals surface area contributed by atoms with Crippen LogP contribution in [0.5, 0.6) is 0 Å². The van der Waals surface area contributed by atoms with Crippen LogP contribution in [-0.2, 0) is 4.74 Å². The summed E-state index contributed by atoms with van der Waals surface area (Å²) in [5.74, 6) is 0. The van der Waals surface area contributed by atoms with Crippen molar-refractivity contribution >= 4 is 30.0 Å². The van der Waals surface area contributed by atoms with Gasteiger partial charge in [0.1, 0.15) is 0 Å². The maximum Gasteiger partial charge on any atom is 0.343 e. The Morgan fingerprint density at radius 3 is 2.18 bits per heavy atom. The van der Waals surface area contributed by atoms with Crippen LogP contribution in [0.3, 0.4) is 0 Å². The maximum absolute atomic E-state index is 11.8. The van der Waals surface area contributed by atoms with Crippen molar-refractivity contribution in [2.75, 3.05) is 13.4 Å². The van der Waals surface area contributed by atoms with Crippen molar-refractivity contribution in [3.63, 3.8) is 0 Å². The molecule has 4 amide bonds. The topological polar surface area (TPSA) is 94.5 Å². The highest BCUT2D eigenvalue weighted by Crippen LogP contribution is 2.03. The average molecular weight is 262 g/mol. The van der Waals surface area contributed by atoms with Gasteiger partial charge in [-0.25, -0.2) is 9.59 Å². The predicted molar refractivity (Wildman–Crippen MR) is 66.9 cm³/mol. The number of nitrogens with one attached hydrogen (secondary N) is 3. The molecule has 8 heteroatoms. The molecule has 0 spiro atoms. The number of urea groups is 2. The second-order valence-corrected chi connectivity index (χ2v) is 4.75. The number of methoxy groups -OCH3 is 1. The molecular weight excluding hydrogens is 244 g/mol. The monoisotopic (exact) mass is 262 g/mol. The molecule has 17 heavy (non-hydrogen) atoms. The smallest absolute Gasteiger partial charge is 0.343 e. The van der Waals surface area contributed by atoms with E-state index in [2.05, 4.69) is 14.8 Å². The molecule has 0 aliphatic heterocycles. The lowest BCUT2D eigenvalue weighted by Crippen LogP contribution is -2.54. The Hall–Kier alpha value is -1.44. The number of hydrogen-bond acceptors (Lipinski definition) is 5. The van der Waals surface area contributed by atoms with Crippen molar-refractivity contribution in [1.29, 1.82) is 5.41 Å². The van der Waals surface area contributed by atoms with Gasteiger partial charge in [0.05, 0.1) is 7.11 Å². The average Bonchev–Trinajstić information content (AvgIpc) is 2.15. The molecule has 7 nitrogen and oxygen atoms in total. The lowest BCUT2D eigenvalue weighted by atomic mass is 10.1. The van der Waals surface area contributed by atoms with Crippen LogP contribution in [0.25, 0.3) is 0 Å². The van der Waals surface area contributed by atoms with Crippen molar-refractivity contribution in [3.05, 3.63) is 0 Å². The quantitative estimate of drug-likeness (QED) is 0.378. The molecule has 0 saturated carbocycles. The van der Waals surface area contributed by atoms with Crippen LogP contribution in [0.4, 0.5) is 9.59 Å². The molecule has 0 aromatic heterocycles. The lowest BCUT2D eigenvalue weighted by Gasteiger charge is -2.26. The van der Waals surface area contributed by atoms with Gasteiger partial charge in [0.2, 0.25) is 0 Å². The minimum absolute atomic E-state index is 0.511. The number of hydrogen-bond donors (Lipinski definition) is 3. The molecule has 0 radical (unpaired) electrons. The summed E-state index contributed by atoms with van der Waals surface area (Å²) in [6.07, 6.45) is 1.63. The third-order valence-electron chi connectivity index (χ3n) is 1.47. The first-order valence-electron chi connectivity index (χ1n) is 4.80. The fourth-order valence-electron chi connectivity index (χ4n) is 0.878. The van der Waals surface area contributed by atoms with E-state index in [0.29, 0.717) is 4.90 Å². The van der Waals surface area contributed by atoms with Gasteiger partial charge in [0.15, 0.2) is 0 Å². The first kappa shape index (κ1) is 15.6. The molecule has 0 fully saturated rings. The number of amides is 4. The minimum atomic E-state index is -0.730. The highest BCUT2D eigenvalue weighted by Gasteiger charge is 2.29. The summed E-state index contributed by atoms with van der Waals surface area (Å²) in [4.78, 5) is 24.0. The summed E-state index contributed by atoms with van der Waals surface area (Å²) in [7, 11) is 1.21. The lowest BCUT2D eigenvalue weighted by molar-refractivity contribution is 0.192. The molecule has 0 unspecified atom stereocenters. The number of ether oxygens (including phenoxy) is 1. The van der Waals surface area contributed by atoms with Crippen LogP contribution >= 0.6 is 11.9 Å². The Morgan fingerprint density at radius 1 is 1.29 bits per heavy atom. The summed E-state index contributed by atoms with van der Waals surface area (Å²) in [6.45, 7) is 5.31. The summed E-state index contributed by atoms with van der Waals surface area (Å²) in [5, 5.41) is 9.98. The van der Waals surface area contributed by atoms with Crippen LogP contribution in [0, 0.1) is 5.41 Å².